The van der Waals surface area contributed by atoms with Gasteiger partial charge in [0.2, 0.25) is 5.91 Å². The Hall–Kier alpha value is -3.92. The summed E-state index contributed by atoms with van der Waals surface area (Å²) in [4.78, 5) is 51.8. The van der Waals surface area contributed by atoms with Gasteiger partial charge in [-0.2, -0.15) is 0 Å². The number of carbonyl (C=O) groups excluding carboxylic acids is 4. The molecule has 0 fully saturated rings. The van der Waals surface area contributed by atoms with Crippen molar-refractivity contribution in [2.75, 3.05) is 31.7 Å². The number of nitrogens with one attached hydrogen (secondary N) is 2. The second kappa shape index (κ2) is 15.5. The lowest BCUT2D eigenvalue weighted by molar-refractivity contribution is -0.144. The van der Waals surface area contributed by atoms with Crippen LogP contribution >= 0.6 is 0 Å². The highest BCUT2D eigenvalue weighted by molar-refractivity contribution is 6.02. The van der Waals surface area contributed by atoms with Crippen LogP contribution < -0.4 is 15.5 Å². The van der Waals surface area contributed by atoms with Crippen molar-refractivity contribution < 1.29 is 33.4 Å². The van der Waals surface area contributed by atoms with Gasteiger partial charge in [0.05, 0.1) is 19.8 Å². The fourth-order valence-electron chi connectivity index (χ4n) is 4.46. The van der Waals surface area contributed by atoms with Gasteiger partial charge in [-0.05, 0) is 56.2 Å². The Labute approximate surface area is 229 Å². The van der Waals surface area contributed by atoms with Gasteiger partial charge < -0.3 is 19.5 Å². The number of alkyl carbamates (subject to hydrolysis) is 1. The van der Waals surface area contributed by atoms with Gasteiger partial charge in [0.15, 0.2) is 0 Å². The van der Waals surface area contributed by atoms with E-state index in [4.69, 9.17) is 14.2 Å². The number of rotatable bonds is 13. The van der Waals surface area contributed by atoms with Crippen molar-refractivity contribution in [2.45, 2.75) is 57.7 Å². The zero-order chi connectivity index (χ0) is 28.0. The fourth-order valence-corrected chi connectivity index (χ4v) is 4.46. The van der Waals surface area contributed by atoms with Gasteiger partial charge >= 0.3 is 18.0 Å². The van der Waals surface area contributed by atoms with E-state index in [0.717, 1.165) is 11.1 Å². The van der Waals surface area contributed by atoms with Crippen LogP contribution in [0.25, 0.3) is 0 Å². The first-order valence-corrected chi connectivity index (χ1v) is 13.3. The zero-order valence-corrected chi connectivity index (χ0v) is 22.5. The molecule has 0 saturated heterocycles. The van der Waals surface area contributed by atoms with Crippen LogP contribution in [0, 0.1) is 0 Å². The van der Waals surface area contributed by atoms with Crippen molar-refractivity contribution in [3.05, 3.63) is 65.7 Å². The van der Waals surface area contributed by atoms with Gasteiger partial charge in [-0.1, -0.05) is 48.5 Å². The van der Waals surface area contributed by atoms with Crippen LogP contribution in [0.1, 0.15) is 43.7 Å². The van der Waals surface area contributed by atoms with Crippen LogP contribution in [0.3, 0.4) is 0 Å². The Bertz CT molecular complexity index is 1110. The third-order valence-electron chi connectivity index (χ3n) is 6.43. The second-order valence-electron chi connectivity index (χ2n) is 9.18. The summed E-state index contributed by atoms with van der Waals surface area (Å²) < 4.78 is 15.3. The molecule has 0 saturated carbocycles. The third-order valence-corrected chi connectivity index (χ3v) is 6.43. The number of anilines is 1. The molecule has 1 aliphatic heterocycles. The lowest BCUT2D eigenvalue weighted by atomic mass is 10.0. The summed E-state index contributed by atoms with van der Waals surface area (Å²) in [5, 5.41) is 5.88. The molecular weight excluding hydrogens is 502 g/mol. The minimum Gasteiger partial charge on any atom is -0.468 e. The van der Waals surface area contributed by atoms with E-state index >= 15 is 0 Å². The number of nitrogens with zero attached hydrogens (tertiary/aromatic N) is 1. The number of aryl methyl sites for hydroxylation is 1. The van der Waals surface area contributed by atoms with Crippen LogP contribution in [0.15, 0.2) is 54.6 Å². The van der Waals surface area contributed by atoms with Gasteiger partial charge in [0.1, 0.15) is 19.2 Å². The lowest BCUT2D eigenvalue weighted by Gasteiger charge is -2.27. The average molecular weight is 540 g/mol. The topological polar surface area (TPSA) is 123 Å². The Morgan fingerprint density at radius 2 is 1.77 bits per heavy atom. The van der Waals surface area contributed by atoms with Crippen molar-refractivity contribution in [3.63, 3.8) is 0 Å². The predicted octanol–water partition coefficient (Wildman–Crippen LogP) is 3.13. The first kappa shape index (κ1) is 29.6. The summed E-state index contributed by atoms with van der Waals surface area (Å²) >= 11 is 0. The Kier molecular flexibility index (Phi) is 11.8. The van der Waals surface area contributed by atoms with E-state index in [9.17, 15) is 19.2 Å². The highest BCUT2D eigenvalue weighted by Crippen LogP contribution is 2.27. The van der Waals surface area contributed by atoms with Crippen LogP contribution in [-0.4, -0.2) is 62.8 Å². The number of para-hydroxylation sites is 1. The summed E-state index contributed by atoms with van der Waals surface area (Å²) in [7, 11) is 1.30. The van der Waals surface area contributed by atoms with Crippen molar-refractivity contribution in [2.24, 2.45) is 0 Å². The largest absolute Gasteiger partial charge is 0.468 e. The molecule has 1 heterocycles. The molecule has 210 valence electrons. The predicted molar refractivity (Wildman–Crippen MR) is 145 cm³/mol. The molecular formula is C29H37N3O7. The van der Waals surface area contributed by atoms with E-state index in [1.807, 2.05) is 54.6 Å². The molecule has 0 unspecified atom stereocenters. The molecule has 10 nitrogen and oxygen atoms in total. The van der Waals surface area contributed by atoms with E-state index in [0.29, 0.717) is 44.3 Å². The van der Waals surface area contributed by atoms with Gasteiger partial charge in [-0.25, -0.2) is 4.79 Å². The molecule has 2 aromatic carbocycles. The maximum Gasteiger partial charge on any atom is 0.407 e. The molecule has 2 amide bonds. The summed E-state index contributed by atoms with van der Waals surface area (Å²) in [6.45, 7) is 2.29. The van der Waals surface area contributed by atoms with Crippen molar-refractivity contribution in [1.29, 1.82) is 0 Å². The molecule has 2 N–H and O–H groups in total. The zero-order valence-electron chi connectivity index (χ0n) is 22.5. The molecule has 39 heavy (non-hydrogen) atoms. The maximum atomic E-state index is 13.6. The van der Waals surface area contributed by atoms with Crippen LogP contribution in [0.2, 0.25) is 0 Å². The van der Waals surface area contributed by atoms with Crippen molar-refractivity contribution in [1.82, 2.24) is 10.6 Å². The monoisotopic (exact) mass is 539 g/mol. The molecule has 0 radical (unpaired) electrons. The van der Waals surface area contributed by atoms with Crippen molar-refractivity contribution in [3.8, 4) is 0 Å². The summed E-state index contributed by atoms with van der Waals surface area (Å²) in [6, 6.07) is 15.4. The lowest BCUT2D eigenvalue weighted by Crippen LogP contribution is -2.53. The Balaban J connectivity index is 1.54. The fraction of sp³-hybridized carbons (Fsp3) is 0.448. The number of ether oxygens (including phenoxy) is 3. The minimum atomic E-state index is -0.723. The highest BCUT2D eigenvalue weighted by Gasteiger charge is 2.34. The number of carbonyl (C=O) groups is 4. The molecule has 0 spiro atoms. The van der Waals surface area contributed by atoms with Gasteiger partial charge in [-0.15, -0.1) is 0 Å². The van der Waals surface area contributed by atoms with E-state index < -0.39 is 30.1 Å². The number of fused-ring (bicyclic) bond motifs is 1. The summed E-state index contributed by atoms with van der Waals surface area (Å²) in [5.41, 5.74) is 2.51. The van der Waals surface area contributed by atoms with E-state index in [1.54, 1.807) is 6.92 Å². The quantitative estimate of drug-likeness (QED) is 0.226. The molecule has 1 aliphatic rings. The first-order chi connectivity index (χ1) is 18.9. The third kappa shape index (κ3) is 9.10. The smallest absolute Gasteiger partial charge is 0.407 e. The standard InChI is InChI=1S/C29H37N3O7/c1-3-38-26(33)19-32-25-15-8-7-13-22(25)16-17-23(27(32)34)31-24(28(35)37-2)14-9-10-18-30-29(36)39-20-21-11-5-4-6-12-21/h4-8,11-13,15,23-24,31H,3,9-10,14,16-20H2,1-2H3,(H,30,36)/t23-,24-/m0/s1. The molecule has 3 rings (SSSR count). The van der Waals surface area contributed by atoms with Crippen LogP contribution in [0.5, 0.6) is 0 Å². The number of benzene rings is 2. The molecule has 2 atom stereocenters. The SMILES string of the molecule is CCOC(=O)CN1C(=O)[C@@H](N[C@@H](CCCCNC(=O)OCc2ccccc2)C(=O)OC)CCc2ccccc21. The molecule has 0 aliphatic carbocycles. The summed E-state index contributed by atoms with van der Waals surface area (Å²) in [6.07, 6.45) is 2.15. The van der Waals surface area contributed by atoms with Crippen molar-refractivity contribution >= 4 is 29.6 Å². The van der Waals surface area contributed by atoms with Crippen LogP contribution in [-0.2, 0) is 41.6 Å². The molecule has 10 heteroatoms. The van der Waals surface area contributed by atoms with Gasteiger partial charge in [0.25, 0.3) is 0 Å². The Morgan fingerprint density at radius 3 is 2.51 bits per heavy atom. The van der Waals surface area contributed by atoms with Gasteiger partial charge in [-0.3, -0.25) is 24.6 Å². The average Bonchev–Trinajstić information content (AvgIpc) is 3.07. The number of methoxy groups -OCH3 is 1. The van der Waals surface area contributed by atoms with Crippen LogP contribution in [0.4, 0.5) is 10.5 Å². The van der Waals surface area contributed by atoms with E-state index in [2.05, 4.69) is 10.6 Å². The van der Waals surface area contributed by atoms with Gasteiger partial charge in [0, 0.05) is 12.2 Å². The molecule has 2 aromatic rings. The first-order valence-electron chi connectivity index (χ1n) is 13.3. The molecule has 0 aromatic heterocycles. The second-order valence-corrected chi connectivity index (χ2v) is 9.18. The number of hydrogen-bond acceptors (Lipinski definition) is 8. The van der Waals surface area contributed by atoms with E-state index in [-0.39, 0.29) is 25.7 Å². The Morgan fingerprint density at radius 1 is 1.03 bits per heavy atom. The summed E-state index contributed by atoms with van der Waals surface area (Å²) in [5.74, 6) is -1.28. The highest BCUT2D eigenvalue weighted by atomic mass is 16.5. The maximum absolute atomic E-state index is 13.6. The number of hydrogen-bond donors (Lipinski definition) is 2. The minimum absolute atomic E-state index is 0.188. The number of unbranched alkanes of at least 4 members (excludes halogenated alkanes) is 1. The number of esters is 2. The van der Waals surface area contributed by atoms with E-state index in [1.165, 1.54) is 12.0 Å². The number of amides is 2. The normalized spacial score (nSPS) is 15.5. The molecule has 0 bridgehead atoms.